The van der Waals surface area contributed by atoms with E-state index in [4.69, 9.17) is 5.73 Å². The molecular weight excluding hydrogens is 188 g/mol. The Kier molecular flexibility index (Phi) is 4.82. The minimum atomic E-state index is 0.0409. The third-order valence-corrected chi connectivity index (χ3v) is 3.00. The molecule has 0 saturated heterocycles. The zero-order valence-corrected chi connectivity index (χ0v) is 9.75. The molecule has 2 atom stereocenters. The van der Waals surface area contributed by atoms with Gasteiger partial charge in [-0.05, 0) is 26.2 Å². The summed E-state index contributed by atoms with van der Waals surface area (Å²) >= 11 is 0. The Balaban J connectivity index is 2.46. The summed E-state index contributed by atoms with van der Waals surface area (Å²) in [7, 11) is 0. The zero-order valence-electron chi connectivity index (χ0n) is 9.75. The van der Waals surface area contributed by atoms with E-state index in [2.05, 4.69) is 5.32 Å². The third kappa shape index (κ3) is 3.67. The monoisotopic (exact) mass is 210 g/mol. The molecule has 3 nitrogen and oxygen atoms in total. The average Bonchev–Trinajstić information content (AvgIpc) is 2.21. The molecule has 1 aliphatic carbocycles. The molecule has 0 aromatic heterocycles. The summed E-state index contributed by atoms with van der Waals surface area (Å²) in [5.74, 6) is 0.0409. The molecule has 1 aliphatic rings. The summed E-state index contributed by atoms with van der Waals surface area (Å²) in [6.07, 6.45) is 7.26. The third-order valence-electron chi connectivity index (χ3n) is 3.00. The van der Waals surface area contributed by atoms with Crippen molar-refractivity contribution < 1.29 is 4.79 Å². The van der Waals surface area contributed by atoms with Crippen LogP contribution in [0.3, 0.4) is 0 Å². The van der Waals surface area contributed by atoms with E-state index in [1.54, 1.807) is 0 Å². The molecule has 0 heterocycles. The van der Waals surface area contributed by atoms with Crippen LogP contribution in [0.4, 0.5) is 0 Å². The Labute approximate surface area is 92.1 Å². The second kappa shape index (κ2) is 5.91. The van der Waals surface area contributed by atoms with Crippen LogP contribution in [0.15, 0.2) is 11.6 Å². The van der Waals surface area contributed by atoms with Crippen molar-refractivity contribution >= 4 is 5.91 Å². The van der Waals surface area contributed by atoms with Gasteiger partial charge in [0.25, 0.3) is 0 Å². The van der Waals surface area contributed by atoms with Gasteiger partial charge in [0.05, 0.1) is 0 Å². The van der Waals surface area contributed by atoms with Crippen LogP contribution in [0.25, 0.3) is 0 Å². The number of nitrogens with two attached hydrogens (primary N) is 1. The van der Waals surface area contributed by atoms with Crippen molar-refractivity contribution in [3.05, 3.63) is 11.6 Å². The molecule has 1 amide bonds. The first-order valence-corrected chi connectivity index (χ1v) is 5.88. The summed E-state index contributed by atoms with van der Waals surface area (Å²) in [4.78, 5) is 11.7. The molecule has 0 spiro atoms. The first-order chi connectivity index (χ1) is 7.15. The van der Waals surface area contributed by atoms with Crippen LogP contribution in [0, 0.1) is 0 Å². The Bertz CT molecular complexity index is 248. The summed E-state index contributed by atoms with van der Waals surface area (Å²) < 4.78 is 0. The van der Waals surface area contributed by atoms with E-state index in [1.807, 2.05) is 19.9 Å². The van der Waals surface area contributed by atoms with Crippen molar-refractivity contribution in [2.24, 2.45) is 5.73 Å². The SMILES string of the molecule is CC/C=C(\C)C(=O)NC1CCCCC1N. The van der Waals surface area contributed by atoms with Crippen molar-refractivity contribution in [1.82, 2.24) is 5.32 Å². The predicted octanol–water partition coefficient (Wildman–Crippen LogP) is 1.73. The largest absolute Gasteiger partial charge is 0.348 e. The van der Waals surface area contributed by atoms with Crippen molar-refractivity contribution in [3.8, 4) is 0 Å². The van der Waals surface area contributed by atoms with Crippen LogP contribution in [-0.4, -0.2) is 18.0 Å². The standard InChI is InChI=1S/C12H22N2O/c1-3-6-9(2)12(15)14-11-8-5-4-7-10(11)13/h6,10-11H,3-5,7-8,13H2,1-2H3,(H,14,15)/b9-6+. The number of hydrogen-bond acceptors (Lipinski definition) is 2. The smallest absolute Gasteiger partial charge is 0.246 e. The van der Waals surface area contributed by atoms with Gasteiger partial charge < -0.3 is 11.1 Å². The highest BCUT2D eigenvalue weighted by Gasteiger charge is 2.23. The van der Waals surface area contributed by atoms with Gasteiger partial charge in [-0.2, -0.15) is 0 Å². The number of allylic oxidation sites excluding steroid dienone is 1. The van der Waals surface area contributed by atoms with E-state index in [0.717, 1.165) is 24.8 Å². The van der Waals surface area contributed by atoms with Crippen molar-refractivity contribution in [3.63, 3.8) is 0 Å². The fourth-order valence-electron chi connectivity index (χ4n) is 2.02. The first kappa shape index (κ1) is 12.2. The molecule has 1 rings (SSSR count). The van der Waals surface area contributed by atoms with Crippen molar-refractivity contribution in [2.75, 3.05) is 0 Å². The lowest BCUT2D eigenvalue weighted by Crippen LogP contribution is -2.49. The van der Waals surface area contributed by atoms with Crippen LogP contribution in [0.2, 0.25) is 0 Å². The van der Waals surface area contributed by atoms with Crippen LogP contribution < -0.4 is 11.1 Å². The maximum absolute atomic E-state index is 11.7. The molecule has 0 radical (unpaired) electrons. The molecule has 1 fully saturated rings. The summed E-state index contributed by atoms with van der Waals surface area (Å²) in [6, 6.07) is 0.309. The molecular formula is C12H22N2O. The van der Waals surface area contributed by atoms with Gasteiger partial charge in [0.15, 0.2) is 0 Å². The molecule has 0 aromatic rings. The fraction of sp³-hybridized carbons (Fsp3) is 0.750. The summed E-state index contributed by atoms with van der Waals surface area (Å²) in [5, 5.41) is 3.02. The van der Waals surface area contributed by atoms with E-state index in [-0.39, 0.29) is 18.0 Å². The molecule has 3 N–H and O–H groups in total. The Hall–Kier alpha value is -0.830. The van der Waals surface area contributed by atoms with Crippen molar-refractivity contribution in [1.29, 1.82) is 0 Å². The van der Waals surface area contributed by atoms with E-state index in [1.165, 1.54) is 12.8 Å². The number of amides is 1. The lowest BCUT2D eigenvalue weighted by atomic mass is 9.91. The van der Waals surface area contributed by atoms with E-state index in [0.29, 0.717) is 0 Å². The van der Waals surface area contributed by atoms with E-state index < -0.39 is 0 Å². The highest BCUT2D eigenvalue weighted by Crippen LogP contribution is 2.17. The van der Waals surface area contributed by atoms with Gasteiger partial charge in [0.2, 0.25) is 5.91 Å². The average molecular weight is 210 g/mol. The number of carbonyl (C=O) groups is 1. The normalized spacial score (nSPS) is 27.5. The van der Waals surface area contributed by atoms with Gasteiger partial charge in [-0.25, -0.2) is 0 Å². The van der Waals surface area contributed by atoms with Crippen LogP contribution in [-0.2, 0) is 4.79 Å². The van der Waals surface area contributed by atoms with Crippen LogP contribution >= 0.6 is 0 Å². The topological polar surface area (TPSA) is 55.1 Å². The van der Waals surface area contributed by atoms with E-state index in [9.17, 15) is 4.79 Å². The van der Waals surface area contributed by atoms with Gasteiger partial charge in [-0.3, -0.25) is 4.79 Å². The number of rotatable bonds is 3. The molecule has 2 unspecified atom stereocenters. The zero-order chi connectivity index (χ0) is 11.3. The molecule has 86 valence electrons. The molecule has 0 aliphatic heterocycles. The van der Waals surface area contributed by atoms with Crippen molar-refractivity contribution in [2.45, 2.75) is 58.0 Å². The van der Waals surface area contributed by atoms with Gasteiger partial charge in [-0.15, -0.1) is 0 Å². The summed E-state index contributed by atoms with van der Waals surface area (Å²) in [6.45, 7) is 3.89. The number of nitrogens with one attached hydrogen (secondary N) is 1. The lowest BCUT2D eigenvalue weighted by Gasteiger charge is -2.29. The molecule has 0 aromatic carbocycles. The molecule has 1 saturated carbocycles. The first-order valence-electron chi connectivity index (χ1n) is 5.88. The van der Waals surface area contributed by atoms with Gasteiger partial charge in [0.1, 0.15) is 0 Å². The second-order valence-corrected chi connectivity index (χ2v) is 4.32. The van der Waals surface area contributed by atoms with Gasteiger partial charge in [-0.1, -0.05) is 25.8 Å². The highest BCUT2D eigenvalue weighted by atomic mass is 16.1. The fourth-order valence-corrected chi connectivity index (χ4v) is 2.02. The quantitative estimate of drug-likeness (QED) is 0.697. The minimum Gasteiger partial charge on any atom is -0.348 e. The van der Waals surface area contributed by atoms with Crippen LogP contribution in [0.5, 0.6) is 0 Å². The Morgan fingerprint density at radius 1 is 1.47 bits per heavy atom. The predicted molar refractivity (Wildman–Crippen MR) is 62.4 cm³/mol. The maximum atomic E-state index is 11.7. The van der Waals surface area contributed by atoms with Gasteiger partial charge in [0, 0.05) is 17.7 Å². The molecule has 3 heteroatoms. The second-order valence-electron chi connectivity index (χ2n) is 4.32. The lowest BCUT2D eigenvalue weighted by molar-refractivity contribution is -0.118. The summed E-state index contributed by atoms with van der Waals surface area (Å²) in [5.41, 5.74) is 6.77. The molecule has 15 heavy (non-hydrogen) atoms. The van der Waals surface area contributed by atoms with Gasteiger partial charge >= 0.3 is 0 Å². The highest BCUT2D eigenvalue weighted by molar-refractivity contribution is 5.92. The Morgan fingerprint density at radius 2 is 2.13 bits per heavy atom. The Morgan fingerprint density at radius 3 is 2.73 bits per heavy atom. The van der Waals surface area contributed by atoms with E-state index >= 15 is 0 Å². The number of carbonyl (C=O) groups excluding carboxylic acids is 1. The van der Waals surface area contributed by atoms with Crippen LogP contribution in [0.1, 0.15) is 46.0 Å². The molecule has 0 bridgehead atoms. The minimum absolute atomic E-state index is 0.0409. The maximum Gasteiger partial charge on any atom is 0.246 e. The number of hydrogen-bond donors (Lipinski definition) is 2.